The standard InChI is InChI=1S/C18H30O6/c1-17-4-3-5-18(16-17)24-15-14-23-13-12-22-11-10-21-9-8-20-7-6-19-2/h3-5,16H,6-15H2,1-2H3. The van der Waals surface area contributed by atoms with E-state index in [2.05, 4.69) is 0 Å². The molecule has 0 atom stereocenters. The minimum absolute atomic E-state index is 0.537. The van der Waals surface area contributed by atoms with E-state index in [1.807, 2.05) is 31.2 Å². The van der Waals surface area contributed by atoms with Crippen LogP contribution in [0.2, 0.25) is 0 Å². The van der Waals surface area contributed by atoms with Crippen LogP contribution in [0.15, 0.2) is 24.3 Å². The van der Waals surface area contributed by atoms with Crippen molar-refractivity contribution in [1.82, 2.24) is 0 Å². The first-order chi connectivity index (χ1) is 11.8. The van der Waals surface area contributed by atoms with Crippen molar-refractivity contribution in [2.75, 3.05) is 73.2 Å². The zero-order chi connectivity index (χ0) is 17.3. The van der Waals surface area contributed by atoms with Gasteiger partial charge in [0.25, 0.3) is 0 Å². The molecule has 1 aromatic rings. The predicted molar refractivity (Wildman–Crippen MR) is 91.8 cm³/mol. The fourth-order valence-corrected chi connectivity index (χ4v) is 1.83. The van der Waals surface area contributed by atoms with Crippen molar-refractivity contribution in [2.24, 2.45) is 0 Å². The number of ether oxygens (including phenoxy) is 6. The molecule has 6 nitrogen and oxygen atoms in total. The van der Waals surface area contributed by atoms with Gasteiger partial charge in [0.15, 0.2) is 0 Å². The first-order valence-electron chi connectivity index (χ1n) is 8.32. The van der Waals surface area contributed by atoms with Gasteiger partial charge in [-0.25, -0.2) is 0 Å². The second kappa shape index (κ2) is 15.4. The summed E-state index contributed by atoms with van der Waals surface area (Å²) in [5.41, 5.74) is 1.19. The van der Waals surface area contributed by atoms with Crippen LogP contribution in [0.5, 0.6) is 5.75 Å². The largest absolute Gasteiger partial charge is 0.491 e. The van der Waals surface area contributed by atoms with Crippen molar-refractivity contribution >= 4 is 0 Å². The van der Waals surface area contributed by atoms with Gasteiger partial charge in [-0.15, -0.1) is 0 Å². The lowest BCUT2D eigenvalue weighted by Crippen LogP contribution is -2.14. The maximum Gasteiger partial charge on any atom is 0.119 e. The second-order valence-electron chi connectivity index (χ2n) is 5.11. The fourth-order valence-electron chi connectivity index (χ4n) is 1.83. The third-order valence-corrected chi connectivity index (χ3v) is 3.03. The van der Waals surface area contributed by atoms with Crippen molar-refractivity contribution in [3.8, 4) is 5.75 Å². The summed E-state index contributed by atoms with van der Waals surface area (Å²) >= 11 is 0. The Hall–Kier alpha value is -1.18. The van der Waals surface area contributed by atoms with Gasteiger partial charge < -0.3 is 28.4 Å². The van der Waals surface area contributed by atoms with E-state index in [0.717, 1.165) is 5.75 Å². The number of hydrogen-bond acceptors (Lipinski definition) is 6. The van der Waals surface area contributed by atoms with Crippen LogP contribution in [0, 0.1) is 6.92 Å². The van der Waals surface area contributed by atoms with Crippen LogP contribution in [0.25, 0.3) is 0 Å². The van der Waals surface area contributed by atoms with E-state index in [-0.39, 0.29) is 0 Å². The Morgan fingerprint density at radius 2 is 1.17 bits per heavy atom. The van der Waals surface area contributed by atoms with Gasteiger partial charge in [0.2, 0.25) is 0 Å². The van der Waals surface area contributed by atoms with E-state index in [4.69, 9.17) is 28.4 Å². The third kappa shape index (κ3) is 12.3. The van der Waals surface area contributed by atoms with E-state index in [0.29, 0.717) is 66.1 Å². The number of rotatable bonds is 16. The Bertz CT molecular complexity index is 399. The van der Waals surface area contributed by atoms with Gasteiger partial charge >= 0.3 is 0 Å². The van der Waals surface area contributed by atoms with Gasteiger partial charge in [-0.05, 0) is 24.6 Å². The van der Waals surface area contributed by atoms with E-state index < -0.39 is 0 Å². The summed E-state index contributed by atoms with van der Waals surface area (Å²) in [6.45, 7) is 7.70. The normalized spacial score (nSPS) is 10.9. The summed E-state index contributed by atoms with van der Waals surface area (Å²) in [6, 6.07) is 7.97. The minimum atomic E-state index is 0.537. The Kier molecular flexibility index (Phi) is 13.3. The fraction of sp³-hybridized carbons (Fsp3) is 0.667. The zero-order valence-corrected chi connectivity index (χ0v) is 14.8. The van der Waals surface area contributed by atoms with Crippen LogP contribution < -0.4 is 4.74 Å². The summed E-state index contributed by atoms with van der Waals surface area (Å²) in [7, 11) is 1.65. The number of aryl methyl sites for hydroxylation is 1. The van der Waals surface area contributed by atoms with Crippen LogP contribution >= 0.6 is 0 Å². The van der Waals surface area contributed by atoms with Crippen molar-refractivity contribution in [3.63, 3.8) is 0 Å². The Morgan fingerprint density at radius 1 is 0.667 bits per heavy atom. The van der Waals surface area contributed by atoms with Crippen LogP contribution in [0.3, 0.4) is 0 Å². The van der Waals surface area contributed by atoms with Crippen LogP contribution in [-0.2, 0) is 23.7 Å². The molecule has 0 saturated heterocycles. The SMILES string of the molecule is COCCOCCOCCOCCOCCOc1cccc(C)c1. The van der Waals surface area contributed by atoms with E-state index in [9.17, 15) is 0 Å². The molecule has 0 aliphatic rings. The molecule has 1 rings (SSSR count). The van der Waals surface area contributed by atoms with Crippen molar-refractivity contribution in [1.29, 1.82) is 0 Å². The molecule has 0 unspecified atom stereocenters. The predicted octanol–water partition coefficient (Wildman–Crippen LogP) is 2.09. The van der Waals surface area contributed by atoms with Gasteiger partial charge in [-0.1, -0.05) is 12.1 Å². The minimum Gasteiger partial charge on any atom is -0.491 e. The lowest BCUT2D eigenvalue weighted by atomic mass is 10.2. The van der Waals surface area contributed by atoms with Gasteiger partial charge in [-0.2, -0.15) is 0 Å². The first kappa shape index (κ1) is 20.9. The molecule has 0 radical (unpaired) electrons. The maximum absolute atomic E-state index is 5.59. The summed E-state index contributed by atoms with van der Waals surface area (Å²) in [5, 5.41) is 0. The van der Waals surface area contributed by atoms with Crippen molar-refractivity contribution in [2.45, 2.75) is 6.92 Å². The molecule has 0 N–H and O–H groups in total. The molecule has 24 heavy (non-hydrogen) atoms. The Balaban J connectivity index is 1.76. The average Bonchev–Trinajstić information content (AvgIpc) is 2.58. The molecule has 0 heterocycles. The molecule has 0 aliphatic heterocycles. The zero-order valence-electron chi connectivity index (χ0n) is 14.8. The number of methoxy groups -OCH3 is 1. The molecule has 0 amide bonds. The molecule has 0 aliphatic carbocycles. The van der Waals surface area contributed by atoms with E-state index in [1.165, 1.54) is 5.56 Å². The van der Waals surface area contributed by atoms with Crippen molar-refractivity contribution in [3.05, 3.63) is 29.8 Å². The summed E-state index contributed by atoms with van der Waals surface area (Å²) in [6.07, 6.45) is 0. The van der Waals surface area contributed by atoms with Gasteiger partial charge in [0, 0.05) is 7.11 Å². The van der Waals surface area contributed by atoms with Crippen molar-refractivity contribution < 1.29 is 28.4 Å². The summed E-state index contributed by atoms with van der Waals surface area (Å²) in [5.74, 6) is 0.873. The molecule has 1 aromatic carbocycles. The Morgan fingerprint density at radius 3 is 1.67 bits per heavy atom. The molecule has 6 heteroatoms. The number of benzene rings is 1. The van der Waals surface area contributed by atoms with Crippen LogP contribution in [0.4, 0.5) is 0 Å². The maximum atomic E-state index is 5.59. The highest BCUT2D eigenvalue weighted by atomic mass is 16.6. The first-order valence-corrected chi connectivity index (χ1v) is 8.32. The van der Waals surface area contributed by atoms with Crippen LogP contribution in [0.1, 0.15) is 5.56 Å². The lowest BCUT2D eigenvalue weighted by molar-refractivity contribution is -0.00978. The highest BCUT2D eigenvalue weighted by Crippen LogP contribution is 2.11. The third-order valence-electron chi connectivity index (χ3n) is 3.03. The smallest absolute Gasteiger partial charge is 0.119 e. The van der Waals surface area contributed by atoms with Gasteiger partial charge in [0.1, 0.15) is 12.4 Å². The molecular weight excluding hydrogens is 312 g/mol. The summed E-state index contributed by atoms with van der Waals surface area (Å²) in [4.78, 5) is 0. The highest BCUT2D eigenvalue weighted by molar-refractivity contribution is 5.27. The number of hydrogen-bond donors (Lipinski definition) is 0. The topological polar surface area (TPSA) is 55.4 Å². The van der Waals surface area contributed by atoms with E-state index in [1.54, 1.807) is 7.11 Å². The Labute approximate surface area is 144 Å². The van der Waals surface area contributed by atoms with Gasteiger partial charge in [-0.3, -0.25) is 0 Å². The molecular formula is C18H30O6. The molecule has 0 spiro atoms. The quantitative estimate of drug-likeness (QED) is 0.429. The highest BCUT2D eigenvalue weighted by Gasteiger charge is 1.95. The van der Waals surface area contributed by atoms with Crippen LogP contribution in [-0.4, -0.2) is 73.2 Å². The molecule has 0 saturated carbocycles. The molecule has 0 aromatic heterocycles. The van der Waals surface area contributed by atoms with E-state index >= 15 is 0 Å². The second-order valence-corrected chi connectivity index (χ2v) is 5.11. The summed E-state index contributed by atoms with van der Waals surface area (Å²) < 4.78 is 32.0. The molecule has 138 valence electrons. The average molecular weight is 342 g/mol. The molecule has 0 fully saturated rings. The van der Waals surface area contributed by atoms with Gasteiger partial charge in [0.05, 0.1) is 59.5 Å². The lowest BCUT2D eigenvalue weighted by Gasteiger charge is -2.08. The monoisotopic (exact) mass is 342 g/mol. The molecule has 0 bridgehead atoms.